The predicted octanol–water partition coefficient (Wildman–Crippen LogP) is 4.22. The van der Waals surface area contributed by atoms with Crippen molar-refractivity contribution in [3.8, 4) is 11.3 Å². The number of halogens is 5. The normalized spacial score (nSPS) is 13.0. The number of hydrogen-bond donors (Lipinski definition) is 4. The molecule has 2 aromatic carbocycles. The lowest BCUT2D eigenvalue weighted by Crippen LogP contribution is -2.46. The number of rotatable bonds is 10. The molecule has 0 aliphatic rings. The minimum Gasteiger partial charge on any atom is -0.480 e. The molecule has 0 saturated heterocycles. The van der Waals surface area contributed by atoms with Gasteiger partial charge in [0.15, 0.2) is 0 Å². The number of hydrogen-bond acceptors (Lipinski definition) is 6. The molecule has 0 saturated carbocycles. The number of aliphatic hydroxyl groups excluding tert-OH is 1. The highest BCUT2D eigenvalue weighted by Crippen LogP contribution is 2.39. The molecule has 5 N–H and O–H groups in total. The summed E-state index contributed by atoms with van der Waals surface area (Å²) in [6.45, 7) is 5.07. The Morgan fingerprint density at radius 2 is 1.61 bits per heavy atom. The zero-order chi connectivity index (χ0) is 33.4. The summed E-state index contributed by atoms with van der Waals surface area (Å²) in [4.78, 5) is 39.2. The number of amides is 1. The van der Waals surface area contributed by atoms with Gasteiger partial charge in [0.25, 0.3) is 0 Å². The number of carbonyl (C=O) groups is 3. The Kier molecular flexibility index (Phi) is 12.1. The van der Waals surface area contributed by atoms with Crippen LogP contribution < -0.4 is 5.73 Å². The highest BCUT2D eigenvalue weighted by molar-refractivity contribution is 5.78. The number of benzene rings is 2. The van der Waals surface area contributed by atoms with Gasteiger partial charge in [-0.15, -0.1) is 0 Å². The summed E-state index contributed by atoms with van der Waals surface area (Å²) < 4.78 is 62.2. The number of carbonyl (C=O) groups excluding carboxylic acids is 1. The van der Waals surface area contributed by atoms with Crippen molar-refractivity contribution in [1.82, 2.24) is 14.5 Å². The Balaban J connectivity index is 0.000000860. The molecule has 2 atom stereocenters. The first-order valence-corrected chi connectivity index (χ1v) is 13.1. The first kappa shape index (κ1) is 35.8. The molecule has 44 heavy (non-hydrogen) atoms. The van der Waals surface area contributed by atoms with E-state index in [1.165, 1.54) is 4.90 Å². The van der Waals surface area contributed by atoms with Gasteiger partial charge in [-0.3, -0.25) is 9.59 Å². The standard InChI is InChI=1S/C27H32F2N4O4.C2HF3O2/c1-27(2,3)24(33(23(35)16-34)12-11-21(30)26(36)37)25-31-22(19-13-18(28)9-10-20(19)29)15-32(25)14-17-7-5-4-6-8-17;3-2(4,5)1(6)7/h4-10,13,15,21,24,34H,11-12,14,16,30H2,1-3H3,(H,36,37);(H,6,7)/t21-,24-;/m0./s1. The molecule has 0 radical (unpaired) electrons. The van der Waals surface area contributed by atoms with E-state index in [1.807, 2.05) is 51.1 Å². The summed E-state index contributed by atoms with van der Waals surface area (Å²) in [5.41, 5.74) is 6.10. The van der Waals surface area contributed by atoms with Crippen LogP contribution in [0, 0.1) is 17.0 Å². The molecule has 0 aliphatic carbocycles. The van der Waals surface area contributed by atoms with E-state index >= 15 is 0 Å². The summed E-state index contributed by atoms with van der Waals surface area (Å²) in [7, 11) is 0. The maximum Gasteiger partial charge on any atom is 0.490 e. The molecule has 0 spiro atoms. The van der Waals surface area contributed by atoms with Crippen LogP contribution >= 0.6 is 0 Å². The van der Waals surface area contributed by atoms with Gasteiger partial charge in [0.1, 0.15) is 30.1 Å². The molecule has 1 amide bonds. The van der Waals surface area contributed by atoms with Gasteiger partial charge in [-0.1, -0.05) is 51.1 Å². The summed E-state index contributed by atoms with van der Waals surface area (Å²) in [6, 6.07) is 10.5. The average molecular weight is 629 g/mol. The number of nitrogens with zero attached hydrogens (tertiary/aromatic N) is 3. The van der Waals surface area contributed by atoms with E-state index in [1.54, 1.807) is 10.8 Å². The van der Waals surface area contributed by atoms with Crippen LogP contribution in [0.5, 0.6) is 0 Å². The number of aliphatic carboxylic acids is 2. The summed E-state index contributed by atoms with van der Waals surface area (Å²) in [6.07, 6.45) is -3.54. The van der Waals surface area contributed by atoms with Gasteiger partial charge in [-0.25, -0.2) is 18.6 Å². The largest absolute Gasteiger partial charge is 0.490 e. The number of nitrogens with two attached hydrogens (primary N) is 1. The van der Waals surface area contributed by atoms with Crippen molar-refractivity contribution in [1.29, 1.82) is 0 Å². The van der Waals surface area contributed by atoms with Crippen molar-refractivity contribution in [3.63, 3.8) is 0 Å². The van der Waals surface area contributed by atoms with Crippen molar-refractivity contribution in [2.75, 3.05) is 13.2 Å². The molecule has 0 bridgehead atoms. The van der Waals surface area contributed by atoms with Crippen molar-refractivity contribution in [2.45, 2.75) is 52.0 Å². The van der Waals surface area contributed by atoms with Crippen molar-refractivity contribution in [2.24, 2.45) is 11.1 Å². The highest BCUT2D eigenvalue weighted by atomic mass is 19.4. The van der Waals surface area contributed by atoms with Crippen LogP contribution in [-0.4, -0.2) is 73.0 Å². The van der Waals surface area contributed by atoms with Gasteiger partial charge in [-0.2, -0.15) is 13.2 Å². The van der Waals surface area contributed by atoms with E-state index in [2.05, 4.69) is 4.98 Å². The number of alkyl halides is 3. The van der Waals surface area contributed by atoms with Crippen LogP contribution in [0.3, 0.4) is 0 Å². The number of carboxylic acid groups (broad SMARTS) is 2. The Morgan fingerprint density at radius 1 is 1.02 bits per heavy atom. The Labute approximate surface area is 249 Å². The fourth-order valence-corrected chi connectivity index (χ4v) is 4.26. The second kappa shape index (κ2) is 14.9. The van der Waals surface area contributed by atoms with Crippen LogP contribution in [-0.2, 0) is 20.9 Å². The maximum atomic E-state index is 14.7. The van der Waals surface area contributed by atoms with Crippen molar-refractivity contribution in [3.05, 3.63) is 77.8 Å². The minimum atomic E-state index is -5.08. The fourth-order valence-electron chi connectivity index (χ4n) is 4.26. The van der Waals surface area contributed by atoms with Crippen LogP contribution in [0.15, 0.2) is 54.7 Å². The van der Waals surface area contributed by atoms with Gasteiger partial charge >= 0.3 is 18.1 Å². The zero-order valence-corrected chi connectivity index (χ0v) is 24.1. The van der Waals surface area contributed by atoms with Gasteiger partial charge in [0, 0.05) is 24.8 Å². The van der Waals surface area contributed by atoms with Crippen LogP contribution in [0.1, 0.15) is 44.6 Å². The van der Waals surface area contributed by atoms with Crippen molar-refractivity contribution >= 4 is 17.8 Å². The quantitative estimate of drug-likeness (QED) is 0.243. The summed E-state index contributed by atoms with van der Waals surface area (Å²) in [5.74, 6) is -5.50. The van der Waals surface area contributed by atoms with E-state index in [9.17, 15) is 41.8 Å². The first-order valence-electron chi connectivity index (χ1n) is 13.1. The topological polar surface area (TPSA) is 159 Å². The first-order chi connectivity index (χ1) is 20.4. The molecular weight excluding hydrogens is 595 g/mol. The number of aliphatic hydroxyl groups is 1. The highest BCUT2D eigenvalue weighted by Gasteiger charge is 2.39. The SMILES string of the molecule is CC(C)(C)[C@H](c1nc(-c2cc(F)ccc2F)cn1Cc1ccccc1)N(CC[C@H](N)C(=O)O)C(=O)CO.O=C(O)C(F)(F)F. The molecule has 240 valence electrons. The third-order valence-corrected chi connectivity index (χ3v) is 6.28. The van der Waals surface area contributed by atoms with Crippen LogP contribution in [0.4, 0.5) is 22.0 Å². The molecule has 3 rings (SSSR count). The molecular formula is C29H33F5N4O6. The molecule has 0 fully saturated rings. The van der Waals surface area contributed by atoms with E-state index in [0.717, 1.165) is 23.8 Å². The zero-order valence-electron chi connectivity index (χ0n) is 24.1. The summed E-state index contributed by atoms with van der Waals surface area (Å²) >= 11 is 0. The Bertz CT molecular complexity index is 1440. The molecule has 15 heteroatoms. The molecule has 0 aliphatic heterocycles. The molecule has 1 heterocycles. The molecule has 1 aromatic heterocycles. The van der Waals surface area contributed by atoms with Gasteiger partial charge in [0.2, 0.25) is 5.91 Å². The lowest BCUT2D eigenvalue weighted by molar-refractivity contribution is -0.192. The van der Waals surface area contributed by atoms with Crippen LogP contribution in [0.25, 0.3) is 11.3 Å². The number of aromatic nitrogens is 2. The molecule has 0 unspecified atom stereocenters. The number of carboxylic acids is 2. The third kappa shape index (κ3) is 9.84. The van der Waals surface area contributed by atoms with Gasteiger partial charge in [-0.05, 0) is 35.6 Å². The van der Waals surface area contributed by atoms with Crippen molar-refractivity contribution < 1.29 is 51.7 Å². The molecule has 10 nitrogen and oxygen atoms in total. The summed E-state index contributed by atoms with van der Waals surface area (Å²) in [5, 5.41) is 26.1. The second-order valence-electron chi connectivity index (χ2n) is 10.8. The van der Waals surface area contributed by atoms with E-state index in [0.29, 0.717) is 12.4 Å². The monoisotopic (exact) mass is 628 g/mol. The van der Waals surface area contributed by atoms with E-state index < -0.39 is 59.8 Å². The Hall–Kier alpha value is -4.37. The minimum absolute atomic E-state index is 0.0337. The lowest BCUT2D eigenvalue weighted by Gasteiger charge is -2.40. The Morgan fingerprint density at radius 3 is 2.11 bits per heavy atom. The maximum absolute atomic E-state index is 14.7. The fraction of sp³-hybridized carbons (Fsp3) is 0.379. The second-order valence-corrected chi connectivity index (χ2v) is 10.8. The number of imidazole rings is 1. The third-order valence-electron chi connectivity index (χ3n) is 6.28. The van der Waals surface area contributed by atoms with Gasteiger partial charge < -0.3 is 30.5 Å². The smallest absolute Gasteiger partial charge is 0.480 e. The van der Waals surface area contributed by atoms with E-state index in [-0.39, 0.29) is 24.2 Å². The predicted molar refractivity (Wildman–Crippen MR) is 148 cm³/mol. The van der Waals surface area contributed by atoms with E-state index in [4.69, 9.17) is 15.6 Å². The van der Waals surface area contributed by atoms with Gasteiger partial charge in [0.05, 0.1) is 11.7 Å². The van der Waals surface area contributed by atoms with Crippen LogP contribution in [0.2, 0.25) is 0 Å². The average Bonchev–Trinajstić information content (AvgIpc) is 3.33. The lowest BCUT2D eigenvalue weighted by atomic mass is 9.84. The molecule has 3 aromatic rings.